The van der Waals surface area contributed by atoms with Crippen LogP contribution in [-0.2, 0) is 4.74 Å². The van der Waals surface area contributed by atoms with Crippen LogP contribution in [0.15, 0.2) is 23.5 Å². The van der Waals surface area contributed by atoms with E-state index in [1.165, 1.54) is 69.2 Å². The third kappa shape index (κ3) is 5.99. The summed E-state index contributed by atoms with van der Waals surface area (Å²) in [6.07, 6.45) is 19.2. The zero-order valence-electron chi connectivity index (χ0n) is 18.2. The molecule has 4 aliphatic rings. The van der Waals surface area contributed by atoms with Crippen LogP contribution in [0.25, 0.3) is 0 Å². The maximum absolute atomic E-state index is 6.16. The fourth-order valence-electron chi connectivity index (χ4n) is 5.48. The van der Waals surface area contributed by atoms with Gasteiger partial charge in [-0.3, -0.25) is 0 Å². The van der Waals surface area contributed by atoms with Crippen LogP contribution < -0.4 is 16.4 Å². The Kier molecular flexibility index (Phi) is 7.92. The summed E-state index contributed by atoms with van der Waals surface area (Å²) in [7, 11) is 0. The number of fused-ring (bicyclic) bond motifs is 1. The van der Waals surface area contributed by atoms with Crippen molar-refractivity contribution in [2.45, 2.75) is 88.8 Å². The van der Waals surface area contributed by atoms with Crippen molar-refractivity contribution in [2.75, 3.05) is 32.8 Å². The Morgan fingerprint density at radius 1 is 0.931 bits per heavy atom. The number of allylic oxidation sites excluding steroid dienone is 1. The van der Waals surface area contributed by atoms with Crippen molar-refractivity contribution in [3.8, 4) is 0 Å². The Morgan fingerprint density at radius 3 is 2.45 bits per heavy atom. The Hall–Kier alpha value is -1.04. The Labute approximate surface area is 177 Å². The van der Waals surface area contributed by atoms with Crippen LogP contribution in [0.1, 0.15) is 70.6 Å². The largest absolute Gasteiger partial charge is 0.385 e. The molecular weight excluding hydrogens is 360 g/mol. The average molecular weight is 403 g/mol. The smallest absolute Gasteiger partial charge is 0.0642 e. The molecule has 0 spiro atoms. The van der Waals surface area contributed by atoms with E-state index in [0.717, 1.165) is 45.7 Å². The van der Waals surface area contributed by atoms with E-state index >= 15 is 0 Å². The van der Waals surface area contributed by atoms with E-state index < -0.39 is 0 Å². The summed E-state index contributed by atoms with van der Waals surface area (Å²) in [4.78, 5) is 2.52. The Balaban J connectivity index is 1.52. The van der Waals surface area contributed by atoms with E-state index in [9.17, 15) is 0 Å². The molecule has 0 radical (unpaired) electrons. The first kappa shape index (κ1) is 21.2. The van der Waals surface area contributed by atoms with Crippen molar-refractivity contribution in [1.29, 1.82) is 0 Å². The van der Waals surface area contributed by atoms with Gasteiger partial charge in [-0.2, -0.15) is 0 Å². The highest BCUT2D eigenvalue weighted by Crippen LogP contribution is 2.32. The first-order chi connectivity index (χ1) is 14.3. The number of nitrogens with two attached hydrogens (primary N) is 1. The summed E-state index contributed by atoms with van der Waals surface area (Å²) in [6, 6.07) is 1.44. The van der Waals surface area contributed by atoms with Crippen molar-refractivity contribution in [3.63, 3.8) is 0 Å². The van der Waals surface area contributed by atoms with Crippen LogP contribution in [0.3, 0.4) is 0 Å². The molecule has 0 aromatic rings. The number of hydrogen-bond acceptors (Lipinski definition) is 5. The quantitative estimate of drug-likeness (QED) is 0.676. The molecule has 0 aromatic carbocycles. The van der Waals surface area contributed by atoms with Gasteiger partial charge in [0.25, 0.3) is 0 Å². The lowest BCUT2D eigenvalue weighted by atomic mass is 9.84. The molecule has 29 heavy (non-hydrogen) atoms. The first-order valence-electron chi connectivity index (χ1n) is 12.3. The molecule has 1 saturated carbocycles. The van der Waals surface area contributed by atoms with Crippen molar-refractivity contribution in [3.05, 3.63) is 23.5 Å². The third-order valence-electron chi connectivity index (χ3n) is 7.33. The molecule has 5 nitrogen and oxygen atoms in total. The molecule has 2 saturated heterocycles. The summed E-state index contributed by atoms with van der Waals surface area (Å²) in [6.45, 7) is 4.84. The van der Waals surface area contributed by atoms with Gasteiger partial charge in [-0.25, -0.2) is 0 Å². The van der Waals surface area contributed by atoms with Gasteiger partial charge in [-0.15, -0.1) is 0 Å². The minimum Gasteiger partial charge on any atom is -0.385 e. The highest BCUT2D eigenvalue weighted by atomic mass is 16.5. The number of nitrogens with one attached hydrogen (secondary N) is 2. The molecule has 2 atom stereocenters. The highest BCUT2D eigenvalue weighted by molar-refractivity contribution is 5.33. The maximum atomic E-state index is 6.16. The fraction of sp³-hybridized carbons (Fsp3) is 0.833. The molecule has 2 heterocycles. The van der Waals surface area contributed by atoms with Crippen LogP contribution in [0, 0.1) is 5.92 Å². The van der Waals surface area contributed by atoms with Gasteiger partial charge in [0.15, 0.2) is 0 Å². The minimum absolute atomic E-state index is 0.406. The van der Waals surface area contributed by atoms with Gasteiger partial charge in [0, 0.05) is 48.5 Å². The van der Waals surface area contributed by atoms with Gasteiger partial charge in [0.2, 0.25) is 0 Å². The van der Waals surface area contributed by atoms with Gasteiger partial charge < -0.3 is 26.0 Å². The van der Waals surface area contributed by atoms with Crippen LogP contribution in [0.2, 0.25) is 0 Å². The third-order valence-corrected chi connectivity index (χ3v) is 7.33. The van der Waals surface area contributed by atoms with E-state index in [1.54, 1.807) is 0 Å². The monoisotopic (exact) mass is 402 g/mol. The second-order valence-corrected chi connectivity index (χ2v) is 9.54. The molecule has 2 aliphatic carbocycles. The van der Waals surface area contributed by atoms with Crippen LogP contribution in [0.5, 0.6) is 0 Å². The van der Waals surface area contributed by atoms with Crippen molar-refractivity contribution in [2.24, 2.45) is 11.7 Å². The topological polar surface area (TPSA) is 62.5 Å². The molecule has 2 aliphatic heterocycles. The molecule has 164 valence electrons. The number of nitrogens with zero attached hydrogens (tertiary/aromatic N) is 1. The van der Waals surface area contributed by atoms with E-state index in [4.69, 9.17) is 10.5 Å². The first-order valence-corrected chi connectivity index (χ1v) is 12.3. The Morgan fingerprint density at radius 2 is 1.66 bits per heavy atom. The summed E-state index contributed by atoms with van der Waals surface area (Å²) in [5, 5.41) is 7.94. The van der Waals surface area contributed by atoms with Gasteiger partial charge in [0.1, 0.15) is 0 Å². The summed E-state index contributed by atoms with van der Waals surface area (Å²) in [5.74, 6) is 0.577. The second-order valence-electron chi connectivity index (χ2n) is 9.54. The molecule has 4 N–H and O–H groups in total. The standard InChI is InChI=1S/C24H42N4O/c25-19-8-10-20(11-9-19)27-24-18-21(28-13-15-29-16-14-28)17-23-22(24)7-5-3-1-2-4-6-12-26-23/h17-20,22-23,26-27H,1-16,25H2/t19-,20+,22?,23?. The van der Waals surface area contributed by atoms with Crippen LogP contribution in [-0.4, -0.2) is 55.9 Å². The number of hydrogen-bond donors (Lipinski definition) is 3. The number of morpholine rings is 1. The van der Waals surface area contributed by atoms with Crippen molar-refractivity contribution < 1.29 is 4.74 Å². The normalized spacial score (nSPS) is 35.0. The summed E-state index contributed by atoms with van der Waals surface area (Å²) >= 11 is 0. The molecule has 0 amide bonds. The van der Waals surface area contributed by atoms with Crippen LogP contribution >= 0.6 is 0 Å². The van der Waals surface area contributed by atoms with Gasteiger partial charge in [-0.1, -0.05) is 32.1 Å². The molecule has 0 aromatic heterocycles. The zero-order valence-corrected chi connectivity index (χ0v) is 18.2. The second kappa shape index (κ2) is 10.8. The predicted octanol–water partition coefficient (Wildman–Crippen LogP) is 3.28. The lowest BCUT2D eigenvalue weighted by Gasteiger charge is -2.39. The minimum atomic E-state index is 0.406. The molecule has 0 bridgehead atoms. The van der Waals surface area contributed by atoms with E-state index in [1.807, 2.05) is 0 Å². The molecule has 5 heteroatoms. The van der Waals surface area contributed by atoms with Gasteiger partial charge in [0.05, 0.1) is 13.2 Å². The van der Waals surface area contributed by atoms with E-state index in [2.05, 4.69) is 27.7 Å². The molecule has 4 rings (SSSR count). The van der Waals surface area contributed by atoms with Gasteiger partial charge >= 0.3 is 0 Å². The molecule has 2 unspecified atom stereocenters. The van der Waals surface area contributed by atoms with Crippen molar-refractivity contribution in [1.82, 2.24) is 15.5 Å². The van der Waals surface area contributed by atoms with E-state index in [0.29, 0.717) is 24.0 Å². The lowest BCUT2D eigenvalue weighted by molar-refractivity contribution is 0.0546. The van der Waals surface area contributed by atoms with E-state index in [-0.39, 0.29) is 0 Å². The highest BCUT2D eigenvalue weighted by Gasteiger charge is 2.31. The summed E-state index contributed by atoms with van der Waals surface area (Å²) < 4.78 is 5.60. The number of rotatable bonds is 3. The fourth-order valence-corrected chi connectivity index (χ4v) is 5.48. The average Bonchev–Trinajstić information content (AvgIpc) is 2.81. The van der Waals surface area contributed by atoms with Crippen LogP contribution in [0.4, 0.5) is 0 Å². The van der Waals surface area contributed by atoms with Gasteiger partial charge in [-0.05, 0) is 57.2 Å². The SMILES string of the molecule is N[C@H]1CC[C@@H](NC2=CC(N3CCOCC3)=CC3NCCCCCCCCC23)CC1. The molecule has 3 fully saturated rings. The van der Waals surface area contributed by atoms with Crippen molar-refractivity contribution >= 4 is 0 Å². The zero-order chi connectivity index (χ0) is 19.9. The Bertz CT molecular complexity index is 561. The predicted molar refractivity (Wildman–Crippen MR) is 120 cm³/mol. The maximum Gasteiger partial charge on any atom is 0.0642 e. The number of ether oxygens (including phenoxy) is 1. The summed E-state index contributed by atoms with van der Waals surface area (Å²) in [5.41, 5.74) is 9.03. The lowest BCUT2D eigenvalue weighted by Crippen LogP contribution is -2.46. The molecular formula is C24H42N4O.